The Morgan fingerprint density at radius 1 is 0.421 bits per heavy atom. The molecular weight excluding hydrogens is 320 g/mol. The van der Waals surface area contributed by atoms with Gasteiger partial charge in [-0.3, -0.25) is 0 Å². The van der Waals surface area contributed by atoms with Gasteiger partial charge in [0, 0.05) is 0 Å². The number of rotatable bonds is 4. The van der Waals surface area contributed by atoms with Gasteiger partial charge in [-0.1, -0.05) is 0 Å². The molecule has 0 aliphatic rings. The number of hydrogen-bond donors (Lipinski definition) is 0. The molecule has 0 aromatic heterocycles. The van der Waals surface area contributed by atoms with Crippen molar-refractivity contribution in [2.75, 3.05) is 0 Å². The van der Waals surface area contributed by atoms with E-state index >= 15 is 0 Å². The summed E-state index contributed by atoms with van der Waals surface area (Å²) < 4.78 is 143. The minimum absolute atomic E-state index is 1.53. The second kappa shape index (κ2) is 4.57. The molecule has 0 unspecified atom stereocenters. The van der Waals surface area contributed by atoms with Crippen molar-refractivity contribution in [3.63, 3.8) is 0 Å². The number of hydrogen-bond acceptors (Lipinski definition) is 2. The highest BCUT2D eigenvalue weighted by atomic mass is 19.4. The minimum Gasteiger partial charge on any atom is -0.222 e. The van der Waals surface area contributed by atoms with Crippen LogP contribution in [0.4, 0.5) is 52.7 Å². The van der Waals surface area contributed by atoms with E-state index < -0.39 is 30.9 Å². The van der Waals surface area contributed by atoms with E-state index in [9.17, 15) is 52.7 Å². The quantitative estimate of drug-likeness (QED) is 0.578. The summed E-state index contributed by atoms with van der Waals surface area (Å²) in [7, 11) is 0. The molecule has 0 rings (SSSR count). The van der Waals surface area contributed by atoms with Crippen molar-refractivity contribution < 1.29 is 62.2 Å². The van der Waals surface area contributed by atoms with Gasteiger partial charge in [-0.15, -0.1) is 8.78 Å². The zero-order valence-corrected chi connectivity index (χ0v) is 7.85. The average Bonchev–Trinajstić information content (AvgIpc) is 1.93. The topological polar surface area (TPSA) is 18.5 Å². The van der Waals surface area contributed by atoms with Gasteiger partial charge in [0.05, 0.1) is 0 Å². The maximum absolute atomic E-state index is 12.1. The highest BCUT2D eigenvalue weighted by Gasteiger charge is 2.69. The van der Waals surface area contributed by atoms with Crippen LogP contribution in [-0.4, -0.2) is 30.9 Å². The fraction of sp³-hybridized carbons (Fsp3) is 1.00. The Morgan fingerprint density at radius 3 is 0.789 bits per heavy atom. The van der Waals surface area contributed by atoms with E-state index in [0.29, 0.717) is 0 Å². The molecule has 0 aromatic carbocycles. The molecule has 0 amide bonds. The fourth-order valence-corrected chi connectivity index (χ4v) is 0.435. The normalized spacial score (nSPS) is 15.8. The van der Waals surface area contributed by atoms with Crippen LogP contribution in [0.25, 0.3) is 0 Å². The zero-order chi connectivity index (χ0) is 15.9. The summed E-state index contributed by atoms with van der Waals surface area (Å²) in [5.74, 6) is 0. The third kappa shape index (κ3) is 4.59. The molecule has 116 valence electrons. The largest absolute Gasteiger partial charge is 0.495 e. The molecule has 0 radical (unpaired) electrons. The highest BCUT2D eigenvalue weighted by Crippen LogP contribution is 2.45. The monoisotopic (exact) mass is 320 g/mol. The van der Waals surface area contributed by atoms with E-state index in [4.69, 9.17) is 0 Å². The molecular formula is C5F12O2. The molecule has 0 aliphatic carbocycles. The van der Waals surface area contributed by atoms with Crippen LogP contribution in [0.15, 0.2) is 0 Å². The molecule has 0 heterocycles. The molecule has 2 nitrogen and oxygen atoms in total. The van der Waals surface area contributed by atoms with Gasteiger partial charge in [0.1, 0.15) is 0 Å². The van der Waals surface area contributed by atoms with Crippen molar-refractivity contribution in [1.82, 2.24) is 0 Å². The summed E-state index contributed by atoms with van der Waals surface area (Å²) in [5.41, 5.74) is 0. The molecule has 14 heteroatoms. The van der Waals surface area contributed by atoms with Gasteiger partial charge in [-0.25, -0.2) is 9.47 Å². The number of ether oxygens (including phenoxy) is 2. The number of halogens is 12. The van der Waals surface area contributed by atoms with Crippen LogP contribution in [0, 0.1) is 0 Å². The molecule has 19 heavy (non-hydrogen) atoms. The molecule has 0 N–H and O–H groups in total. The summed E-state index contributed by atoms with van der Waals surface area (Å²) in [6.45, 7) is 0. The van der Waals surface area contributed by atoms with Crippen molar-refractivity contribution in [3.8, 4) is 0 Å². The van der Waals surface area contributed by atoms with Crippen LogP contribution in [0.5, 0.6) is 0 Å². The van der Waals surface area contributed by atoms with E-state index in [0.717, 1.165) is 0 Å². The molecule has 0 saturated carbocycles. The third-order valence-electron chi connectivity index (χ3n) is 1.15. The maximum Gasteiger partial charge on any atom is 0.495 e. The predicted molar refractivity (Wildman–Crippen MR) is 29.1 cm³/mol. The molecule has 0 aromatic rings. The Hall–Kier alpha value is -0.920. The Bertz CT molecular complexity index is 283. The van der Waals surface area contributed by atoms with Crippen LogP contribution in [0.1, 0.15) is 0 Å². The van der Waals surface area contributed by atoms with E-state index in [1.165, 1.54) is 9.47 Å². The SMILES string of the molecule is FC(F)(OC(F)(F)C(F)(F)F)OC(F)(F)C(F)(F)F. The van der Waals surface area contributed by atoms with Gasteiger partial charge in [0.15, 0.2) is 0 Å². The average molecular weight is 320 g/mol. The lowest BCUT2D eigenvalue weighted by molar-refractivity contribution is -0.563. The Kier molecular flexibility index (Phi) is 4.35. The maximum atomic E-state index is 12.1. The summed E-state index contributed by atoms with van der Waals surface area (Å²) >= 11 is 0. The highest BCUT2D eigenvalue weighted by molar-refractivity contribution is 4.68. The first-order valence-electron chi connectivity index (χ1n) is 3.58. The first-order chi connectivity index (χ1) is 7.91. The Morgan fingerprint density at radius 2 is 0.632 bits per heavy atom. The van der Waals surface area contributed by atoms with Crippen molar-refractivity contribution in [1.29, 1.82) is 0 Å². The molecule has 0 atom stereocenters. The standard InChI is InChI=1S/C5F12O2/c6-1(7,8)3(12,13)18-5(16,17)19-4(14,15)2(9,10)11. The van der Waals surface area contributed by atoms with E-state index in [-0.39, 0.29) is 0 Å². The van der Waals surface area contributed by atoms with Crippen LogP contribution < -0.4 is 0 Å². The lowest BCUT2D eigenvalue weighted by Crippen LogP contribution is -2.50. The Balaban J connectivity index is 5.03. The van der Waals surface area contributed by atoms with Crippen LogP contribution in [-0.2, 0) is 9.47 Å². The van der Waals surface area contributed by atoms with E-state index in [1.807, 2.05) is 0 Å². The predicted octanol–water partition coefficient (Wildman–Crippen LogP) is 3.88. The second-order valence-corrected chi connectivity index (χ2v) is 2.70. The van der Waals surface area contributed by atoms with Gasteiger partial charge in [-0.05, 0) is 0 Å². The molecule has 0 saturated heterocycles. The first kappa shape index (κ1) is 18.1. The summed E-state index contributed by atoms with van der Waals surface area (Å²) in [5, 5.41) is 0. The van der Waals surface area contributed by atoms with Gasteiger partial charge < -0.3 is 0 Å². The second-order valence-electron chi connectivity index (χ2n) is 2.70. The zero-order valence-electron chi connectivity index (χ0n) is 7.85. The van der Waals surface area contributed by atoms with E-state index in [2.05, 4.69) is 0 Å². The van der Waals surface area contributed by atoms with Crippen LogP contribution >= 0.6 is 0 Å². The first-order valence-corrected chi connectivity index (χ1v) is 3.58. The summed E-state index contributed by atoms with van der Waals surface area (Å²) in [6, 6.07) is 0. The van der Waals surface area contributed by atoms with Gasteiger partial charge in [0.25, 0.3) is 0 Å². The fourth-order valence-electron chi connectivity index (χ4n) is 0.435. The summed E-state index contributed by atoms with van der Waals surface area (Å²) in [4.78, 5) is 0. The van der Waals surface area contributed by atoms with Gasteiger partial charge in [-0.2, -0.15) is 43.9 Å². The van der Waals surface area contributed by atoms with Gasteiger partial charge in [0.2, 0.25) is 0 Å². The molecule has 0 aliphatic heterocycles. The molecule has 0 fully saturated rings. The minimum atomic E-state index is -6.78. The molecule has 0 spiro atoms. The van der Waals surface area contributed by atoms with Gasteiger partial charge >= 0.3 is 30.9 Å². The third-order valence-corrected chi connectivity index (χ3v) is 1.15. The Labute approximate surface area is 94.4 Å². The van der Waals surface area contributed by atoms with Crippen LogP contribution in [0.3, 0.4) is 0 Å². The van der Waals surface area contributed by atoms with Crippen molar-refractivity contribution >= 4 is 0 Å². The lowest BCUT2D eigenvalue weighted by atomic mass is 10.6. The van der Waals surface area contributed by atoms with Crippen molar-refractivity contribution in [2.45, 2.75) is 30.9 Å². The van der Waals surface area contributed by atoms with Crippen molar-refractivity contribution in [3.05, 3.63) is 0 Å². The molecule has 0 bridgehead atoms. The number of alkyl halides is 12. The van der Waals surface area contributed by atoms with Crippen molar-refractivity contribution in [2.24, 2.45) is 0 Å². The summed E-state index contributed by atoms with van der Waals surface area (Å²) in [6.07, 6.45) is -33.5. The van der Waals surface area contributed by atoms with Crippen LogP contribution in [0.2, 0.25) is 0 Å². The smallest absolute Gasteiger partial charge is 0.222 e. The lowest BCUT2D eigenvalue weighted by Gasteiger charge is -2.27. The van der Waals surface area contributed by atoms with E-state index in [1.54, 1.807) is 0 Å².